The molecule has 1 heterocycles. The van der Waals surface area contributed by atoms with Gasteiger partial charge in [0.1, 0.15) is 5.75 Å². The number of carbonyl (C=O) groups is 1. The van der Waals surface area contributed by atoms with Gasteiger partial charge in [-0.1, -0.05) is 6.92 Å². The number of amides is 1. The highest BCUT2D eigenvalue weighted by molar-refractivity contribution is 5.90. The van der Waals surface area contributed by atoms with Gasteiger partial charge in [-0.25, -0.2) is 0 Å². The van der Waals surface area contributed by atoms with Gasteiger partial charge < -0.3 is 15.7 Å². The summed E-state index contributed by atoms with van der Waals surface area (Å²) in [7, 11) is 0. The molecule has 1 aromatic rings. The van der Waals surface area contributed by atoms with E-state index in [2.05, 4.69) is 22.5 Å². The number of aromatic hydroxyl groups is 1. The molecular formula is C16H25N3O2. The Balaban J connectivity index is 2.12. The Bertz CT molecular complexity index is 484. The van der Waals surface area contributed by atoms with Crippen LogP contribution in [-0.2, 0) is 4.79 Å². The number of rotatable bonds is 5. The van der Waals surface area contributed by atoms with Gasteiger partial charge in [-0.15, -0.1) is 0 Å². The summed E-state index contributed by atoms with van der Waals surface area (Å²) in [5, 5.41) is 16.3. The van der Waals surface area contributed by atoms with Crippen molar-refractivity contribution in [2.75, 3.05) is 31.5 Å². The molecule has 0 bridgehead atoms. The highest BCUT2D eigenvalue weighted by atomic mass is 16.3. The average Bonchev–Trinajstić information content (AvgIpc) is 2.49. The van der Waals surface area contributed by atoms with Gasteiger partial charge in [0.15, 0.2) is 0 Å². The quantitative estimate of drug-likeness (QED) is 0.727. The Labute approximate surface area is 126 Å². The van der Waals surface area contributed by atoms with E-state index >= 15 is 0 Å². The van der Waals surface area contributed by atoms with Gasteiger partial charge in [0, 0.05) is 49.9 Å². The number of carbonyl (C=O) groups excluding carboxylic acids is 1. The minimum Gasteiger partial charge on any atom is -0.508 e. The molecule has 5 heteroatoms. The number of nitrogens with one attached hydrogen (secondary N) is 2. The summed E-state index contributed by atoms with van der Waals surface area (Å²) < 4.78 is 0. The topological polar surface area (TPSA) is 64.6 Å². The molecular weight excluding hydrogens is 266 g/mol. The molecule has 1 atom stereocenters. The molecule has 3 N–H and O–H groups in total. The lowest BCUT2D eigenvalue weighted by atomic mass is 10.0. The van der Waals surface area contributed by atoms with E-state index in [0.717, 1.165) is 43.9 Å². The molecule has 2 rings (SSSR count). The lowest BCUT2D eigenvalue weighted by Crippen LogP contribution is -2.44. The molecule has 116 valence electrons. The minimum atomic E-state index is 0.0176. The van der Waals surface area contributed by atoms with Crippen LogP contribution in [0.1, 0.15) is 38.3 Å². The number of phenolic OH excluding ortho intramolecular Hbond substituents is 1. The van der Waals surface area contributed by atoms with Gasteiger partial charge in [-0.2, -0.15) is 0 Å². The zero-order chi connectivity index (χ0) is 15.2. The Morgan fingerprint density at radius 3 is 2.81 bits per heavy atom. The summed E-state index contributed by atoms with van der Waals surface area (Å²) in [6, 6.07) is 5.43. The average molecular weight is 291 g/mol. The van der Waals surface area contributed by atoms with Gasteiger partial charge in [0.2, 0.25) is 5.91 Å². The summed E-state index contributed by atoms with van der Waals surface area (Å²) in [6.45, 7) is 7.95. The molecule has 0 spiro atoms. The SMILES string of the molecule is CCCC(=O)Nc1ccc(O)c(C(C)N2CCNCC2)c1. The first-order valence-corrected chi connectivity index (χ1v) is 7.69. The fourth-order valence-electron chi connectivity index (χ4n) is 2.68. The van der Waals surface area contributed by atoms with Gasteiger partial charge in [0.25, 0.3) is 0 Å². The first-order chi connectivity index (χ1) is 10.1. The number of benzene rings is 1. The second-order valence-corrected chi connectivity index (χ2v) is 5.53. The predicted octanol–water partition coefficient (Wildman–Crippen LogP) is 2.10. The zero-order valence-electron chi connectivity index (χ0n) is 12.9. The number of nitrogens with zero attached hydrogens (tertiary/aromatic N) is 1. The Morgan fingerprint density at radius 1 is 1.43 bits per heavy atom. The van der Waals surface area contributed by atoms with Crippen molar-refractivity contribution >= 4 is 11.6 Å². The van der Waals surface area contributed by atoms with E-state index in [0.29, 0.717) is 6.42 Å². The molecule has 0 saturated carbocycles. The maximum atomic E-state index is 11.7. The molecule has 0 radical (unpaired) electrons. The van der Waals surface area contributed by atoms with E-state index in [4.69, 9.17) is 0 Å². The molecule has 21 heavy (non-hydrogen) atoms. The van der Waals surface area contributed by atoms with E-state index in [1.807, 2.05) is 13.0 Å². The highest BCUT2D eigenvalue weighted by Gasteiger charge is 2.20. The standard InChI is InChI=1S/C16H25N3O2/c1-3-4-16(21)18-13-5-6-15(20)14(11-13)12(2)19-9-7-17-8-10-19/h5-6,11-12,17,20H,3-4,7-10H2,1-2H3,(H,18,21). The first kappa shape index (κ1) is 15.8. The van der Waals surface area contributed by atoms with Gasteiger partial charge in [-0.05, 0) is 31.5 Å². The van der Waals surface area contributed by atoms with Crippen LogP contribution in [0.3, 0.4) is 0 Å². The molecule has 1 aliphatic heterocycles. The Morgan fingerprint density at radius 2 is 2.14 bits per heavy atom. The van der Waals surface area contributed by atoms with Crippen molar-refractivity contribution in [3.8, 4) is 5.75 Å². The number of phenols is 1. The Kier molecular flexibility index (Phi) is 5.59. The minimum absolute atomic E-state index is 0.0176. The fourth-order valence-corrected chi connectivity index (χ4v) is 2.68. The van der Waals surface area contributed by atoms with Crippen LogP contribution in [-0.4, -0.2) is 42.1 Å². The van der Waals surface area contributed by atoms with Crippen molar-refractivity contribution in [1.29, 1.82) is 0 Å². The van der Waals surface area contributed by atoms with Crippen LogP contribution in [0, 0.1) is 0 Å². The van der Waals surface area contributed by atoms with E-state index in [1.54, 1.807) is 12.1 Å². The van der Waals surface area contributed by atoms with Crippen LogP contribution in [0.2, 0.25) is 0 Å². The molecule has 0 aliphatic carbocycles. The van der Waals surface area contributed by atoms with Gasteiger partial charge >= 0.3 is 0 Å². The van der Waals surface area contributed by atoms with E-state index in [9.17, 15) is 9.90 Å². The molecule has 0 aromatic heterocycles. The fraction of sp³-hybridized carbons (Fsp3) is 0.562. The smallest absolute Gasteiger partial charge is 0.224 e. The van der Waals surface area contributed by atoms with E-state index < -0.39 is 0 Å². The third-order valence-electron chi connectivity index (χ3n) is 3.94. The van der Waals surface area contributed by atoms with Crippen molar-refractivity contribution in [2.45, 2.75) is 32.7 Å². The number of hydrogen-bond donors (Lipinski definition) is 3. The first-order valence-electron chi connectivity index (χ1n) is 7.69. The maximum absolute atomic E-state index is 11.7. The van der Waals surface area contributed by atoms with Gasteiger partial charge in [-0.3, -0.25) is 9.69 Å². The van der Waals surface area contributed by atoms with E-state index in [1.165, 1.54) is 0 Å². The highest BCUT2D eigenvalue weighted by Crippen LogP contribution is 2.31. The molecule has 1 aliphatic rings. The largest absolute Gasteiger partial charge is 0.508 e. The second-order valence-electron chi connectivity index (χ2n) is 5.53. The van der Waals surface area contributed by atoms with Crippen molar-refractivity contribution in [3.05, 3.63) is 23.8 Å². The maximum Gasteiger partial charge on any atom is 0.224 e. The summed E-state index contributed by atoms with van der Waals surface area (Å²) in [6.07, 6.45) is 1.34. The van der Waals surface area contributed by atoms with Gasteiger partial charge in [0.05, 0.1) is 0 Å². The van der Waals surface area contributed by atoms with Crippen LogP contribution in [0.5, 0.6) is 5.75 Å². The molecule has 1 unspecified atom stereocenters. The summed E-state index contributed by atoms with van der Waals surface area (Å²) >= 11 is 0. The van der Waals surface area contributed by atoms with Crippen molar-refractivity contribution < 1.29 is 9.90 Å². The van der Waals surface area contributed by atoms with Crippen LogP contribution >= 0.6 is 0 Å². The van der Waals surface area contributed by atoms with Crippen molar-refractivity contribution in [3.63, 3.8) is 0 Å². The molecule has 1 aromatic carbocycles. The zero-order valence-corrected chi connectivity index (χ0v) is 12.9. The third kappa shape index (κ3) is 4.19. The number of hydrogen-bond acceptors (Lipinski definition) is 4. The molecule has 1 fully saturated rings. The molecule has 5 nitrogen and oxygen atoms in total. The lowest BCUT2D eigenvalue weighted by molar-refractivity contribution is -0.116. The Hall–Kier alpha value is -1.59. The second kappa shape index (κ2) is 7.43. The molecule has 1 saturated heterocycles. The number of anilines is 1. The lowest BCUT2D eigenvalue weighted by Gasteiger charge is -2.33. The summed E-state index contributed by atoms with van der Waals surface area (Å²) in [5.41, 5.74) is 1.62. The van der Waals surface area contributed by atoms with E-state index in [-0.39, 0.29) is 17.7 Å². The predicted molar refractivity (Wildman–Crippen MR) is 84.5 cm³/mol. The third-order valence-corrected chi connectivity index (χ3v) is 3.94. The van der Waals surface area contributed by atoms with Crippen LogP contribution in [0.4, 0.5) is 5.69 Å². The number of piperazine rings is 1. The monoisotopic (exact) mass is 291 g/mol. The normalized spacial score (nSPS) is 17.4. The van der Waals surface area contributed by atoms with Crippen molar-refractivity contribution in [2.24, 2.45) is 0 Å². The van der Waals surface area contributed by atoms with Crippen LogP contribution in [0.15, 0.2) is 18.2 Å². The van der Waals surface area contributed by atoms with Crippen LogP contribution < -0.4 is 10.6 Å². The van der Waals surface area contributed by atoms with Crippen molar-refractivity contribution in [1.82, 2.24) is 10.2 Å². The summed E-state index contributed by atoms with van der Waals surface area (Å²) in [4.78, 5) is 14.0. The molecule has 1 amide bonds. The van der Waals surface area contributed by atoms with Crippen LogP contribution in [0.25, 0.3) is 0 Å². The summed E-state index contributed by atoms with van der Waals surface area (Å²) in [5.74, 6) is 0.304.